The van der Waals surface area contributed by atoms with E-state index in [0.717, 1.165) is 0 Å². The molecular weight excluding hydrogens is 512 g/mol. The van der Waals surface area contributed by atoms with Crippen molar-refractivity contribution in [3.8, 4) is 0 Å². The number of carbonyl (C=O) groups is 4. The van der Waals surface area contributed by atoms with Crippen LogP contribution in [0.15, 0.2) is 0 Å². The first kappa shape index (κ1) is 29.6. The van der Waals surface area contributed by atoms with Gasteiger partial charge in [0.1, 0.15) is 0 Å². The van der Waals surface area contributed by atoms with E-state index in [9.17, 15) is 29.4 Å². The van der Waals surface area contributed by atoms with Crippen molar-refractivity contribution >= 4 is 23.6 Å². The standard InChI is InChI=1S/C30H48N4O6/c1-27(2)21-7-9-29(27,5)25(39)33(23(21)37)17-19(35)15-31-11-13-32(14-12-31)16-20(36)18-34-24(38)22-8-10-30(6,26(34)40)28(22,3)4/h19-22,35-36H,7-18H2,1-6H3/t19-,20+,21-,22+,29-,30-/m0/s1. The van der Waals surface area contributed by atoms with Crippen molar-refractivity contribution in [2.75, 3.05) is 52.4 Å². The summed E-state index contributed by atoms with van der Waals surface area (Å²) in [5.41, 5.74) is -1.89. The van der Waals surface area contributed by atoms with Crippen LogP contribution >= 0.6 is 0 Å². The van der Waals surface area contributed by atoms with Gasteiger partial charge >= 0.3 is 0 Å². The Labute approximate surface area is 238 Å². The van der Waals surface area contributed by atoms with Gasteiger partial charge in [-0.2, -0.15) is 0 Å². The third kappa shape index (κ3) is 4.27. The Hall–Kier alpha value is -1.88. The number of fused-ring (bicyclic) bond motifs is 4. The molecule has 0 aromatic heterocycles. The second-order valence-corrected chi connectivity index (χ2v) is 14.7. The van der Waals surface area contributed by atoms with E-state index in [4.69, 9.17) is 0 Å². The number of imide groups is 2. The minimum atomic E-state index is -0.827. The van der Waals surface area contributed by atoms with Crippen LogP contribution in [0.2, 0.25) is 0 Å². The third-order valence-corrected chi connectivity index (χ3v) is 12.2. The van der Waals surface area contributed by atoms with Gasteiger partial charge in [-0.3, -0.25) is 38.8 Å². The van der Waals surface area contributed by atoms with Gasteiger partial charge in [-0.05, 0) is 36.5 Å². The first-order valence-electron chi connectivity index (χ1n) is 15.1. The van der Waals surface area contributed by atoms with Crippen molar-refractivity contribution < 1.29 is 29.4 Å². The largest absolute Gasteiger partial charge is 0.390 e. The third-order valence-electron chi connectivity index (χ3n) is 12.2. The summed E-state index contributed by atoms with van der Waals surface area (Å²) < 4.78 is 0. The van der Waals surface area contributed by atoms with E-state index in [0.29, 0.717) is 65.0 Å². The molecule has 0 aromatic rings. The second kappa shape index (κ2) is 9.85. The molecule has 0 unspecified atom stereocenters. The van der Waals surface area contributed by atoms with Crippen LogP contribution in [0.5, 0.6) is 0 Å². The van der Waals surface area contributed by atoms with Gasteiger partial charge in [-0.1, -0.05) is 41.5 Å². The molecular formula is C30H48N4O6. The van der Waals surface area contributed by atoms with Crippen molar-refractivity contribution in [3.63, 3.8) is 0 Å². The molecule has 4 bridgehead atoms. The number of nitrogens with zero attached hydrogens (tertiary/aromatic N) is 4. The molecule has 4 amide bonds. The van der Waals surface area contributed by atoms with Crippen LogP contribution in [-0.4, -0.2) is 118 Å². The maximum absolute atomic E-state index is 13.3. The fraction of sp³-hybridized carbons (Fsp3) is 0.867. The molecule has 0 aromatic carbocycles. The van der Waals surface area contributed by atoms with Crippen LogP contribution in [0.1, 0.15) is 67.2 Å². The summed E-state index contributed by atoms with van der Waals surface area (Å²) in [5.74, 6) is -0.997. The summed E-state index contributed by atoms with van der Waals surface area (Å²) in [5, 5.41) is 21.7. The molecule has 0 radical (unpaired) electrons. The number of β-amino-alcohol motifs (C(OH)–C–C–N with tert-alkyl or cyclic N) is 2. The lowest BCUT2D eigenvalue weighted by Crippen LogP contribution is -2.61. The molecule has 5 aliphatic rings. The van der Waals surface area contributed by atoms with Gasteiger partial charge in [0.15, 0.2) is 0 Å². The second-order valence-electron chi connectivity index (χ2n) is 14.7. The molecule has 6 atom stereocenters. The molecule has 2 N–H and O–H groups in total. The zero-order valence-corrected chi connectivity index (χ0v) is 25.1. The number of hydrogen-bond acceptors (Lipinski definition) is 8. The van der Waals surface area contributed by atoms with E-state index in [1.165, 1.54) is 9.80 Å². The van der Waals surface area contributed by atoms with Crippen LogP contribution in [0, 0.1) is 33.5 Å². The quantitative estimate of drug-likeness (QED) is 0.421. The number of rotatable bonds is 8. The molecule has 3 saturated heterocycles. The number of carbonyl (C=O) groups excluding carboxylic acids is 4. The predicted molar refractivity (Wildman–Crippen MR) is 148 cm³/mol. The Morgan fingerprint density at radius 3 is 1.27 bits per heavy atom. The van der Waals surface area contributed by atoms with E-state index >= 15 is 0 Å². The van der Waals surface area contributed by atoms with Crippen LogP contribution in [0.3, 0.4) is 0 Å². The van der Waals surface area contributed by atoms with Gasteiger partial charge in [-0.25, -0.2) is 0 Å². The SMILES string of the molecule is CC1(C)[C@@H]2CC[C@@]1(C)C(=O)N(C[C@H](O)CN1CCN(C[C@H](O)CN3C(=O)[C@@H]4CC[C@@](C)(C3=O)C4(C)C)CC1)C2=O. The maximum atomic E-state index is 13.3. The minimum Gasteiger partial charge on any atom is -0.390 e. The normalized spacial score (nSPS) is 37.4. The molecule has 224 valence electrons. The van der Waals surface area contributed by atoms with Crippen molar-refractivity contribution in [3.05, 3.63) is 0 Å². The van der Waals surface area contributed by atoms with Gasteiger partial charge in [0.2, 0.25) is 23.6 Å². The van der Waals surface area contributed by atoms with E-state index in [-0.39, 0.29) is 59.4 Å². The number of hydrogen-bond donors (Lipinski definition) is 2. The van der Waals surface area contributed by atoms with E-state index in [2.05, 4.69) is 9.80 Å². The molecule has 5 rings (SSSR count). The molecule has 3 heterocycles. The van der Waals surface area contributed by atoms with E-state index in [1.54, 1.807) is 0 Å². The van der Waals surface area contributed by atoms with Gasteiger partial charge < -0.3 is 10.2 Å². The van der Waals surface area contributed by atoms with Gasteiger partial charge in [0, 0.05) is 51.1 Å². The highest BCUT2D eigenvalue weighted by Crippen LogP contribution is 2.61. The van der Waals surface area contributed by atoms with Crippen molar-refractivity contribution in [2.24, 2.45) is 33.5 Å². The smallest absolute Gasteiger partial charge is 0.235 e. The summed E-state index contributed by atoms with van der Waals surface area (Å²) in [6, 6.07) is 0. The van der Waals surface area contributed by atoms with Crippen LogP contribution in [0.4, 0.5) is 0 Å². The molecule has 0 spiro atoms. The number of aliphatic hydroxyl groups excluding tert-OH is 2. The average Bonchev–Trinajstić information content (AvgIpc) is 3.20. The summed E-state index contributed by atoms with van der Waals surface area (Å²) in [7, 11) is 0. The highest BCUT2D eigenvalue weighted by molar-refractivity contribution is 6.04. The number of piperazine rings is 1. The Morgan fingerprint density at radius 1 is 0.625 bits per heavy atom. The lowest BCUT2D eigenvalue weighted by atomic mass is 9.62. The van der Waals surface area contributed by atoms with E-state index in [1.807, 2.05) is 41.5 Å². The highest BCUT2D eigenvalue weighted by Gasteiger charge is 2.65. The molecule has 3 aliphatic heterocycles. The maximum Gasteiger partial charge on any atom is 0.235 e. The molecule has 10 heteroatoms. The monoisotopic (exact) mass is 560 g/mol. The fourth-order valence-corrected chi connectivity index (χ4v) is 8.44. The van der Waals surface area contributed by atoms with Crippen LogP contribution in [-0.2, 0) is 19.2 Å². The fourth-order valence-electron chi connectivity index (χ4n) is 8.44. The lowest BCUT2D eigenvalue weighted by Gasteiger charge is -2.48. The highest BCUT2D eigenvalue weighted by atomic mass is 16.3. The van der Waals surface area contributed by atoms with Crippen molar-refractivity contribution in [2.45, 2.75) is 79.4 Å². The number of aliphatic hydroxyl groups is 2. The Morgan fingerprint density at radius 2 is 0.950 bits per heavy atom. The van der Waals surface area contributed by atoms with Gasteiger partial charge in [-0.15, -0.1) is 0 Å². The number of amides is 4. The predicted octanol–water partition coefficient (Wildman–Crippen LogP) is 0.948. The Bertz CT molecular complexity index is 1000. The topological polar surface area (TPSA) is 122 Å². The Kier molecular flexibility index (Phi) is 7.29. The zero-order valence-electron chi connectivity index (χ0n) is 25.1. The van der Waals surface area contributed by atoms with Gasteiger partial charge in [0.05, 0.1) is 36.1 Å². The molecule has 2 aliphatic carbocycles. The number of likely N-dealkylation sites (tertiary alicyclic amines) is 2. The Balaban J connectivity index is 1.09. The summed E-state index contributed by atoms with van der Waals surface area (Å²) >= 11 is 0. The van der Waals surface area contributed by atoms with Crippen molar-refractivity contribution in [1.82, 2.24) is 19.6 Å². The number of piperidine rings is 2. The molecule has 40 heavy (non-hydrogen) atoms. The van der Waals surface area contributed by atoms with Crippen molar-refractivity contribution in [1.29, 1.82) is 0 Å². The summed E-state index contributed by atoms with van der Waals surface area (Å²) in [4.78, 5) is 59.6. The molecule has 10 nitrogen and oxygen atoms in total. The lowest BCUT2D eigenvalue weighted by molar-refractivity contribution is -0.171. The van der Waals surface area contributed by atoms with Crippen LogP contribution < -0.4 is 0 Å². The summed E-state index contributed by atoms with van der Waals surface area (Å²) in [6.07, 6.45) is 1.18. The molecule has 2 saturated carbocycles. The summed E-state index contributed by atoms with van der Waals surface area (Å²) in [6.45, 7) is 15.4. The zero-order chi connectivity index (χ0) is 29.4. The first-order chi connectivity index (χ1) is 18.5. The van der Waals surface area contributed by atoms with E-state index < -0.39 is 23.0 Å². The first-order valence-corrected chi connectivity index (χ1v) is 15.1. The average molecular weight is 561 g/mol. The minimum absolute atomic E-state index is 0.0212. The molecule has 5 fully saturated rings. The van der Waals surface area contributed by atoms with Gasteiger partial charge in [0.25, 0.3) is 0 Å². The van der Waals surface area contributed by atoms with Crippen LogP contribution in [0.25, 0.3) is 0 Å².